The highest BCUT2D eigenvalue weighted by atomic mass is 16.5. The first-order valence-corrected chi connectivity index (χ1v) is 7.59. The third-order valence-electron chi connectivity index (χ3n) is 4.13. The number of nitrogens with zero attached hydrogens (tertiary/aromatic N) is 2. The SMILES string of the molecule is Cc1ccc(OCC2(O)CCN(C(=O)c3conc3C)C2)cc1. The van der Waals surface area contributed by atoms with Gasteiger partial charge in [-0.25, -0.2) is 0 Å². The van der Waals surface area contributed by atoms with Crippen molar-refractivity contribution >= 4 is 5.91 Å². The molecule has 0 spiro atoms. The zero-order valence-electron chi connectivity index (χ0n) is 13.3. The van der Waals surface area contributed by atoms with Gasteiger partial charge in [0.2, 0.25) is 0 Å². The number of aliphatic hydroxyl groups is 1. The van der Waals surface area contributed by atoms with Crippen LogP contribution >= 0.6 is 0 Å². The quantitative estimate of drug-likeness (QED) is 0.933. The molecule has 2 heterocycles. The summed E-state index contributed by atoms with van der Waals surface area (Å²) in [6.07, 6.45) is 1.83. The molecule has 6 nitrogen and oxygen atoms in total. The zero-order valence-corrected chi connectivity index (χ0v) is 13.3. The topological polar surface area (TPSA) is 75.8 Å². The molecule has 1 aromatic heterocycles. The minimum Gasteiger partial charge on any atom is -0.491 e. The molecule has 1 fully saturated rings. The Labute approximate surface area is 134 Å². The number of amides is 1. The van der Waals surface area contributed by atoms with Crippen molar-refractivity contribution in [3.05, 3.63) is 47.3 Å². The standard InChI is InChI=1S/C17H20N2O4/c1-12-3-5-14(6-4-12)22-11-17(21)7-8-19(10-17)16(20)15-9-23-18-13(15)2/h3-6,9,21H,7-8,10-11H2,1-2H3. The van der Waals surface area contributed by atoms with E-state index in [9.17, 15) is 9.90 Å². The number of aryl methyl sites for hydroxylation is 2. The van der Waals surface area contributed by atoms with Gasteiger partial charge < -0.3 is 19.3 Å². The van der Waals surface area contributed by atoms with Crippen LogP contribution in [0.5, 0.6) is 5.75 Å². The van der Waals surface area contributed by atoms with E-state index in [1.54, 1.807) is 11.8 Å². The third-order valence-corrected chi connectivity index (χ3v) is 4.13. The number of rotatable bonds is 4. The van der Waals surface area contributed by atoms with Crippen LogP contribution in [0.25, 0.3) is 0 Å². The molecule has 6 heteroatoms. The van der Waals surface area contributed by atoms with Crippen LogP contribution in [0.2, 0.25) is 0 Å². The first kappa shape index (κ1) is 15.6. The Morgan fingerprint density at radius 3 is 2.78 bits per heavy atom. The summed E-state index contributed by atoms with van der Waals surface area (Å²) in [5, 5.41) is 14.4. The summed E-state index contributed by atoms with van der Waals surface area (Å²) >= 11 is 0. The van der Waals surface area contributed by atoms with E-state index in [1.165, 1.54) is 6.26 Å². The fourth-order valence-electron chi connectivity index (χ4n) is 2.67. The van der Waals surface area contributed by atoms with Gasteiger partial charge in [0.05, 0.1) is 12.2 Å². The van der Waals surface area contributed by atoms with Crippen LogP contribution in [-0.4, -0.2) is 46.4 Å². The van der Waals surface area contributed by atoms with Crippen LogP contribution in [0.4, 0.5) is 0 Å². The van der Waals surface area contributed by atoms with Gasteiger partial charge in [-0.15, -0.1) is 0 Å². The molecular weight excluding hydrogens is 296 g/mol. The van der Waals surface area contributed by atoms with Gasteiger partial charge in [0, 0.05) is 6.54 Å². The number of β-amino-alcohol motifs (C(OH)–C–C–N with tert-alkyl or cyclic N) is 1. The van der Waals surface area contributed by atoms with Gasteiger partial charge in [0.25, 0.3) is 5.91 Å². The second kappa shape index (κ2) is 6.04. The van der Waals surface area contributed by atoms with Crippen molar-refractivity contribution < 1.29 is 19.2 Å². The molecule has 1 atom stereocenters. The van der Waals surface area contributed by atoms with Crippen LogP contribution in [0.3, 0.4) is 0 Å². The lowest BCUT2D eigenvalue weighted by Gasteiger charge is -2.23. The average molecular weight is 316 g/mol. The summed E-state index contributed by atoms with van der Waals surface area (Å²) in [4.78, 5) is 14.0. The Morgan fingerprint density at radius 1 is 1.39 bits per heavy atom. The van der Waals surface area contributed by atoms with Gasteiger partial charge in [0.1, 0.15) is 29.8 Å². The Hall–Kier alpha value is -2.34. The summed E-state index contributed by atoms with van der Waals surface area (Å²) in [5.74, 6) is 0.540. The van der Waals surface area contributed by atoms with Gasteiger partial charge >= 0.3 is 0 Å². The highest BCUT2D eigenvalue weighted by molar-refractivity contribution is 5.95. The van der Waals surface area contributed by atoms with Crippen molar-refractivity contribution in [3.8, 4) is 5.75 Å². The number of aromatic nitrogens is 1. The van der Waals surface area contributed by atoms with Gasteiger partial charge in [-0.05, 0) is 32.4 Å². The van der Waals surface area contributed by atoms with E-state index in [0.717, 1.165) is 5.56 Å². The maximum absolute atomic E-state index is 12.4. The largest absolute Gasteiger partial charge is 0.491 e. The van der Waals surface area contributed by atoms with Crippen LogP contribution in [0.1, 0.15) is 28.0 Å². The van der Waals surface area contributed by atoms with Gasteiger partial charge in [-0.1, -0.05) is 22.9 Å². The highest BCUT2D eigenvalue weighted by Crippen LogP contribution is 2.25. The van der Waals surface area contributed by atoms with E-state index in [1.807, 2.05) is 31.2 Å². The molecule has 0 aliphatic carbocycles. The predicted molar refractivity (Wildman–Crippen MR) is 83.4 cm³/mol. The van der Waals surface area contributed by atoms with E-state index in [-0.39, 0.29) is 19.1 Å². The van der Waals surface area contributed by atoms with Crippen LogP contribution < -0.4 is 4.74 Å². The fraction of sp³-hybridized carbons (Fsp3) is 0.412. The summed E-state index contributed by atoms with van der Waals surface area (Å²) in [6.45, 7) is 4.60. The Balaban J connectivity index is 1.60. The lowest BCUT2D eigenvalue weighted by Crippen LogP contribution is -2.40. The number of ether oxygens (including phenoxy) is 1. The first-order valence-electron chi connectivity index (χ1n) is 7.59. The Kier molecular flexibility index (Phi) is 4.09. The molecular formula is C17H20N2O4. The molecule has 2 aromatic rings. The molecule has 1 aliphatic rings. The van der Waals surface area contributed by atoms with Gasteiger partial charge in [0.15, 0.2) is 0 Å². The molecule has 0 bridgehead atoms. The van der Waals surface area contributed by atoms with Crippen molar-refractivity contribution in [1.29, 1.82) is 0 Å². The van der Waals surface area contributed by atoms with Crippen LogP contribution in [0.15, 0.2) is 35.1 Å². The Morgan fingerprint density at radius 2 is 2.13 bits per heavy atom. The van der Waals surface area contributed by atoms with Crippen molar-refractivity contribution in [1.82, 2.24) is 10.1 Å². The average Bonchev–Trinajstić information content (AvgIpc) is 3.13. The Bertz CT molecular complexity index is 695. The van der Waals surface area contributed by atoms with Crippen LogP contribution in [0, 0.1) is 13.8 Å². The fourth-order valence-corrected chi connectivity index (χ4v) is 2.67. The molecule has 1 saturated heterocycles. The van der Waals surface area contributed by atoms with E-state index >= 15 is 0 Å². The summed E-state index contributed by atoms with van der Waals surface area (Å²) in [5.41, 5.74) is 1.11. The molecule has 3 rings (SSSR count). The lowest BCUT2D eigenvalue weighted by molar-refractivity contribution is 0.00429. The van der Waals surface area contributed by atoms with E-state index < -0.39 is 5.60 Å². The number of hydrogen-bond donors (Lipinski definition) is 1. The first-order chi connectivity index (χ1) is 11.0. The molecule has 122 valence electrons. The molecule has 0 saturated carbocycles. The minimum atomic E-state index is -1.04. The highest BCUT2D eigenvalue weighted by Gasteiger charge is 2.39. The van der Waals surface area contributed by atoms with E-state index in [2.05, 4.69) is 5.16 Å². The molecule has 1 aromatic carbocycles. The lowest BCUT2D eigenvalue weighted by atomic mass is 10.1. The van der Waals surface area contributed by atoms with Crippen molar-refractivity contribution in [2.45, 2.75) is 25.9 Å². The number of carbonyl (C=O) groups excluding carboxylic acids is 1. The van der Waals surface area contributed by atoms with E-state index in [0.29, 0.717) is 30.0 Å². The maximum atomic E-state index is 12.4. The summed E-state index contributed by atoms with van der Waals surface area (Å²) < 4.78 is 10.5. The van der Waals surface area contributed by atoms with Crippen molar-refractivity contribution in [2.24, 2.45) is 0 Å². The zero-order chi connectivity index (χ0) is 16.4. The third kappa shape index (κ3) is 3.37. The van der Waals surface area contributed by atoms with Gasteiger partial charge in [-0.3, -0.25) is 4.79 Å². The van der Waals surface area contributed by atoms with Crippen molar-refractivity contribution in [3.63, 3.8) is 0 Å². The summed E-state index contributed by atoms with van der Waals surface area (Å²) in [6, 6.07) is 7.66. The van der Waals surface area contributed by atoms with Crippen molar-refractivity contribution in [2.75, 3.05) is 19.7 Å². The van der Waals surface area contributed by atoms with E-state index in [4.69, 9.17) is 9.26 Å². The smallest absolute Gasteiger partial charge is 0.259 e. The molecule has 1 aliphatic heterocycles. The second-order valence-corrected chi connectivity index (χ2v) is 6.12. The normalized spacial score (nSPS) is 20.7. The predicted octanol–water partition coefficient (Wildman–Crippen LogP) is 1.95. The number of likely N-dealkylation sites (tertiary alicyclic amines) is 1. The molecule has 1 amide bonds. The number of hydrogen-bond acceptors (Lipinski definition) is 5. The maximum Gasteiger partial charge on any atom is 0.259 e. The van der Waals surface area contributed by atoms with Gasteiger partial charge in [-0.2, -0.15) is 0 Å². The molecule has 1 unspecified atom stereocenters. The second-order valence-electron chi connectivity index (χ2n) is 6.12. The molecule has 23 heavy (non-hydrogen) atoms. The molecule has 1 N–H and O–H groups in total. The minimum absolute atomic E-state index is 0.155. The summed E-state index contributed by atoms with van der Waals surface area (Å²) in [7, 11) is 0. The molecule has 0 radical (unpaired) electrons. The van der Waals surface area contributed by atoms with Crippen LogP contribution in [-0.2, 0) is 0 Å². The number of benzene rings is 1. The monoisotopic (exact) mass is 316 g/mol. The number of carbonyl (C=O) groups is 1.